The van der Waals surface area contributed by atoms with Gasteiger partial charge in [0.1, 0.15) is 0 Å². The van der Waals surface area contributed by atoms with E-state index >= 15 is 0 Å². The molecule has 0 aromatic heterocycles. The molecule has 0 amide bonds. The van der Waals surface area contributed by atoms with Gasteiger partial charge in [-0.15, -0.1) is 0 Å². The van der Waals surface area contributed by atoms with Gasteiger partial charge < -0.3 is 5.32 Å². The highest BCUT2D eigenvalue weighted by molar-refractivity contribution is 9.10. The van der Waals surface area contributed by atoms with Crippen molar-refractivity contribution in [1.82, 2.24) is 5.32 Å². The van der Waals surface area contributed by atoms with Gasteiger partial charge in [-0.3, -0.25) is 0 Å². The maximum atomic E-state index is 6.05. The van der Waals surface area contributed by atoms with Crippen LogP contribution in [0.5, 0.6) is 0 Å². The van der Waals surface area contributed by atoms with Crippen molar-refractivity contribution in [2.45, 2.75) is 26.8 Å². The Balaban J connectivity index is 2.50. The van der Waals surface area contributed by atoms with Gasteiger partial charge in [-0.1, -0.05) is 64.3 Å². The molecule has 2 aromatic carbocycles. The van der Waals surface area contributed by atoms with Crippen molar-refractivity contribution < 1.29 is 0 Å². The second kappa shape index (κ2) is 6.75. The minimum Gasteiger partial charge on any atom is -0.306 e. The topological polar surface area (TPSA) is 12.0 Å². The summed E-state index contributed by atoms with van der Waals surface area (Å²) in [6.07, 6.45) is 0. The van der Waals surface area contributed by atoms with Crippen molar-refractivity contribution in [1.29, 1.82) is 0 Å². The Morgan fingerprint density at radius 2 is 1.80 bits per heavy atom. The Morgan fingerprint density at radius 1 is 1.10 bits per heavy atom. The van der Waals surface area contributed by atoms with Crippen LogP contribution < -0.4 is 5.32 Å². The molecule has 0 fully saturated rings. The molecule has 0 bridgehead atoms. The number of halogens is 2. The van der Waals surface area contributed by atoms with E-state index < -0.39 is 0 Å². The first-order valence-corrected chi connectivity index (χ1v) is 7.95. The highest BCUT2D eigenvalue weighted by Crippen LogP contribution is 2.32. The predicted molar refractivity (Wildman–Crippen MR) is 90.6 cm³/mol. The second-order valence-electron chi connectivity index (χ2n) is 5.02. The standard InChI is InChI=1S/C17H19BrClN/c1-4-20-17(14-7-5-11(2)9-12(14)3)15-8-6-13(19)10-16(15)18/h5-10,17,20H,4H2,1-3H3. The second-order valence-corrected chi connectivity index (χ2v) is 6.31. The Hall–Kier alpha value is -0.830. The number of benzene rings is 2. The first kappa shape index (κ1) is 15.6. The van der Waals surface area contributed by atoms with Gasteiger partial charge >= 0.3 is 0 Å². The Morgan fingerprint density at radius 3 is 2.40 bits per heavy atom. The van der Waals surface area contributed by atoms with E-state index in [0.717, 1.165) is 16.0 Å². The quantitative estimate of drug-likeness (QED) is 0.775. The van der Waals surface area contributed by atoms with Gasteiger partial charge in [0, 0.05) is 9.50 Å². The van der Waals surface area contributed by atoms with E-state index in [-0.39, 0.29) is 6.04 Å². The van der Waals surface area contributed by atoms with Crippen molar-refractivity contribution in [3.05, 3.63) is 68.1 Å². The molecule has 1 nitrogen and oxygen atoms in total. The molecule has 0 radical (unpaired) electrons. The fourth-order valence-corrected chi connectivity index (χ4v) is 3.39. The van der Waals surface area contributed by atoms with Gasteiger partial charge in [0.15, 0.2) is 0 Å². The fraction of sp³-hybridized carbons (Fsp3) is 0.294. The van der Waals surface area contributed by atoms with Crippen LogP contribution in [0.25, 0.3) is 0 Å². The molecule has 0 spiro atoms. The molecule has 1 N–H and O–H groups in total. The van der Waals surface area contributed by atoms with E-state index in [9.17, 15) is 0 Å². The van der Waals surface area contributed by atoms with Crippen LogP contribution in [0.1, 0.15) is 35.2 Å². The summed E-state index contributed by atoms with van der Waals surface area (Å²) in [4.78, 5) is 0. The van der Waals surface area contributed by atoms with Crippen LogP contribution in [0.15, 0.2) is 40.9 Å². The number of nitrogens with one attached hydrogen (secondary N) is 1. The molecule has 3 heteroatoms. The minimum atomic E-state index is 0.173. The lowest BCUT2D eigenvalue weighted by Gasteiger charge is -2.22. The van der Waals surface area contributed by atoms with Crippen molar-refractivity contribution in [3.63, 3.8) is 0 Å². The molecule has 0 aliphatic heterocycles. The zero-order valence-electron chi connectivity index (χ0n) is 12.0. The zero-order valence-corrected chi connectivity index (χ0v) is 14.3. The van der Waals surface area contributed by atoms with Crippen LogP contribution in [0.3, 0.4) is 0 Å². The Labute approximate surface area is 134 Å². The summed E-state index contributed by atoms with van der Waals surface area (Å²) >= 11 is 9.68. The minimum absolute atomic E-state index is 0.173. The molecule has 0 aliphatic carbocycles. The smallest absolute Gasteiger partial charge is 0.0590 e. The number of hydrogen-bond donors (Lipinski definition) is 1. The molecule has 0 saturated heterocycles. The first-order valence-electron chi connectivity index (χ1n) is 6.78. The normalized spacial score (nSPS) is 12.4. The maximum absolute atomic E-state index is 6.05. The van der Waals surface area contributed by atoms with E-state index in [0.29, 0.717) is 0 Å². The molecule has 2 aromatic rings. The lowest BCUT2D eigenvalue weighted by Crippen LogP contribution is -2.23. The lowest BCUT2D eigenvalue weighted by molar-refractivity contribution is 0.625. The zero-order chi connectivity index (χ0) is 14.7. The van der Waals surface area contributed by atoms with Crippen LogP contribution in [0.2, 0.25) is 5.02 Å². The molecule has 106 valence electrons. The molecule has 0 aliphatic rings. The Bertz CT molecular complexity index is 558. The number of hydrogen-bond acceptors (Lipinski definition) is 1. The maximum Gasteiger partial charge on any atom is 0.0590 e. The van der Waals surface area contributed by atoms with E-state index in [1.165, 1.54) is 22.3 Å². The first-order chi connectivity index (χ1) is 9.52. The van der Waals surface area contributed by atoms with Gasteiger partial charge in [-0.05, 0) is 49.2 Å². The van der Waals surface area contributed by atoms with E-state index in [4.69, 9.17) is 11.6 Å². The number of rotatable bonds is 4. The molecule has 1 unspecified atom stereocenters. The third kappa shape index (κ3) is 3.43. The van der Waals surface area contributed by atoms with Crippen molar-refractivity contribution in [2.75, 3.05) is 6.54 Å². The summed E-state index contributed by atoms with van der Waals surface area (Å²) in [6.45, 7) is 7.32. The number of aryl methyl sites for hydroxylation is 2. The van der Waals surface area contributed by atoms with Crippen LogP contribution in [-0.4, -0.2) is 6.54 Å². The summed E-state index contributed by atoms with van der Waals surface area (Å²) in [5, 5.41) is 4.31. The van der Waals surface area contributed by atoms with Gasteiger partial charge in [0.25, 0.3) is 0 Å². The van der Waals surface area contributed by atoms with Crippen molar-refractivity contribution in [3.8, 4) is 0 Å². The molecular formula is C17H19BrClN. The highest BCUT2D eigenvalue weighted by Gasteiger charge is 2.17. The van der Waals surface area contributed by atoms with E-state index in [1.54, 1.807) is 0 Å². The summed E-state index contributed by atoms with van der Waals surface area (Å²) in [6, 6.07) is 12.7. The van der Waals surface area contributed by atoms with Crippen LogP contribution in [0, 0.1) is 13.8 Å². The largest absolute Gasteiger partial charge is 0.306 e. The SMILES string of the molecule is CCNC(c1ccc(C)cc1C)c1ccc(Cl)cc1Br. The third-order valence-corrected chi connectivity index (χ3v) is 4.34. The molecule has 0 saturated carbocycles. The lowest BCUT2D eigenvalue weighted by atomic mass is 9.94. The highest BCUT2D eigenvalue weighted by atomic mass is 79.9. The van der Waals surface area contributed by atoms with Crippen LogP contribution >= 0.6 is 27.5 Å². The summed E-state index contributed by atoms with van der Waals surface area (Å²) in [5.41, 5.74) is 5.11. The van der Waals surface area contributed by atoms with Gasteiger partial charge in [0.2, 0.25) is 0 Å². The molecular weight excluding hydrogens is 334 g/mol. The van der Waals surface area contributed by atoms with Gasteiger partial charge in [-0.25, -0.2) is 0 Å². The van der Waals surface area contributed by atoms with E-state index in [2.05, 4.69) is 66.3 Å². The summed E-state index contributed by atoms with van der Waals surface area (Å²) < 4.78 is 1.04. The van der Waals surface area contributed by atoms with Crippen molar-refractivity contribution in [2.24, 2.45) is 0 Å². The molecule has 2 rings (SSSR count). The van der Waals surface area contributed by atoms with Crippen molar-refractivity contribution >= 4 is 27.5 Å². The molecule has 0 heterocycles. The predicted octanol–water partition coefficient (Wildman–Crippen LogP) is 5.42. The molecule has 20 heavy (non-hydrogen) atoms. The van der Waals surface area contributed by atoms with Gasteiger partial charge in [0.05, 0.1) is 6.04 Å². The van der Waals surface area contributed by atoms with Gasteiger partial charge in [-0.2, -0.15) is 0 Å². The summed E-state index contributed by atoms with van der Waals surface area (Å²) in [5.74, 6) is 0. The van der Waals surface area contributed by atoms with Crippen LogP contribution in [-0.2, 0) is 0 Å². The monoisotopic (exact) mass is 351 g/mol. The molecule has 1 atom stereocenters. The fourth-order valence-electron chi connectivity index (χ4n) is 2.48. The van der Waals surface area contributed by atoms with Crippen LogP contribution in [0.4, 0.5) is 0 Å². The third-order valence-electron chi connectivity index (χ3n) is 3.42. The Kier molecular flexibility index (Phi) is 5.25. The summed E-state index contributed by atoms with van der Waals surface area (Å²) in [7, 11) is 0. The average molecular weight is 353 g/mol. The average Bonchev–Trinajstić information content (AvgIpc) is 2.37. The van der Waals surface area contributed by atoms with E-state index in [1.807, 2.05) is 12.1 Å².